The Kier molecular flexibility index (Phi) is 16.8. The van der Waals surface area contributed by atoms with Crippen LogP contribution in [0.5, 0.6) is 0 Å². The van der Waals surface area contributed by atoms with Gasteiger partial charge in [0.05, 0.1) is 0 Å². The van der Waals surface area contributed by atoms with Crippen LogP contribution in [-0.4, -0.2) is 11.6 Å². The molecule has 0 spiro atoms. The molecule has 0 aliphatic rings. The van der Waals surface area contributed by atoms with Crippen LogP contribution in [0.3, 0.4) is 0 Å². The van der Waals surface area contributed by atoms with Crippen molar-refractivity contribution < 1.29 is 18.4 Å². The Morgan fingerprint density at radius 1 is 0.818 bits per heavy atom. The molecule has 0 fully saturated rings. The third-order valence-electron chi connectivity index (χ3n) is 3.86. The summed E-state index contributed by atoms with van der Waals surface area (Å²) in [6, 6.07) is 0. The van der Waals surface area contributed by atoms with E-state index in [1.807, 2.05) is 0 Å². The molecule has 0 aliphatic carbocycles. The summed E-state index contributed by atoms with van der Waals surface area (Å²) in [4.78, 5) is 11.3. The van der Waals surface area contributed by atoms with Crippen LogP contribution >= 0.6 is 17.1 Å². The lowest BCUT2D eigenvalue weighted by Gasteiger charge is -2.05. The van der Waals surface area contributed by atoms with Crippen LogP contribution in [-0.2, 0) is 18.4 Å². The third kappa shape index (κ3) is 13.3. The first-order valence-electron chi connectivity index (χ1n) is 8.62. The summed E-state index contributed by atoms with van der Waals surface area (Å²) < 4.78 is 25.3. The largest absolute Gasteiger partial charge is 0.398 e. The Labute approximate surface area is 138 Å². The van der Waals surface area contributed by atoms with Gasteiger partial charge in [0.2, 0.25) is 0 Å². The van der Waals surface area contributed by atoms with Gasteiger partial charge in [-0.2, -0.15) is 0 Å². The van der Waals surface area contributed by atoms with Gasteiger partial charge in [-0.1, -0.05) is 84.0 Å². The van der Waals surface area contributed by atoms with Crippen LogP contribution in [0.25, 0.3) is 0 Å². The fourth-order valence-corrected chi connectivity index (χ4v) is 3.20. The van der Waals surface area contributed by atoms with Crippen molar-refractivity contribution in [2.45, 2.75) is 96.1 Å². The molecule has 0 aromatic rings. The molecule has 0 radical (unpaired) electrons. The average molecular weight is 348 g/mol. The molecule has 0 N–H and O–H groups in total. The van der Waals surface area contributed by atoms with Crippen molar-refractivity contribution in [3.8, 4) is 0 Å². The Hall–Kier alpha value is -0.330. The summed E-state index contributed by atoms with van der Waals surface area (Å²) >= 11 is 0. The van der Waals surface area contributed by atoms with Crippen molar-refractivity contribution in [2.24, 2.45) is 0 Å². The van der Waals surface area contributed by atoms with E-state index in [1.165, 1.54) is 57.8 Å². The standard InChI is InChI=1S/C16H30O4P2/c1-2-3-4-5-6-7-8-9-10-11-12-13-14-15(21-18)16(17)20-22-19/h15H,2-14H2,1H3. The number of carbonyl (C=O) groups excluding carboxylic acids is 1. The molecule has 4 nitrogen and oxygen atoms in total. The van der Waals surface area contributed by atoms with Crippen molar-refractivity contribution in [3.63, 3.8) is 0 Å². The molecule has 0 bridgehead atoms. The lowest BCUT2D eigenvalue weighted by atomic mass is 10.0. The number of carbonyl (C=O) groups is 1. The molecule has 0 aliphatic heterocycles. The van der Waals surface area contributed by atoms with Gasteiger partial charge in [0.15, 0.2) is 8.46 Å². The molecule has 0 saturated carbocycles. The first-order chi connectivity index (χ1) is 10.8. The minimum Gasteiger partial charge on any atom is -0.372 e. The Bertz CT molecular complexity index is 298. The molecule has 1 unspecified atom stereocenters. The minimum atomic E-state index is -0.667. The molecule has 1 atom stereocenters. The van der Waals surface area contributed by atoms with Gasteiger partial charge in [-0.05, 0) is 6.42 Å². The van der Waals surface area contributed by atoms with Gasteiger partial charge >= 0.3 is 14.7 Å². The summed E-state index contributed by atoms with van der Waals surface area (Å²) in [5.41, 5.74) is -0.662. The maximum Gasteiger partial charge on any atom is 0.398 e. The summed E-state index contributed by atoms with van der Waals surface area (Å²) in [6.07, 6.45) is 15.6. The number of unbranched alkanes of at least 4 members (excludes halogenated alkanes) is 11. The average Bonchev–Trinajstić information content (AvgIpc) is 2.52. The number of rotatable bonds is 16. The molecule has 0 aromatic carbocycles. The highest BCUT2D eigenvalue weighted by molar-refractivity contribution is 7.26. The van der Waals surface area contributed by atoms with E-state index in [0.29, 0.717) is 6.42 Å². The zero-order valence-electron chi connectivity index (χ0n) is 13.8. The lowest BCUT2D eigenvalue weighted by molar-refractivity contribution is -0.133. The van der Waals surface area contributed by atoms with Crippen LogP contribution in [0, 0.1) is 0 Å². The van der Waals surface area contributed by atoms with Crippen LogP contribution in [0.15, 0.2) is 0 Å². The highest BCUT2D eigenvalue weighted by atomic mass is 31.1. The summed E-state index contributed by atoms with van der Waals surface area (Å²) in [5, 5.41) is 0. The molecule has 0 heterocycles. The van der Waals surface area contributed by atoms with E-state index < -0.39 is 20.3 Å². The lowest BCUT2D eigenvalue weighted by Crippen LogP contribution is -2.14. The van der Waals surface area contributed by atoms with Gasteiger partial charge in [0.25, 0.3) is 0 Å². The zero-order chi connectivity index (χ0) is 16.5. The van der Waals surface area contributed by atoms with Crippen molar-refractivity contribution in [1.29, 1.82) is 0 Å². The molecule has 0 aromatic heterocycles. The first-order valence-corrected chi connectivity index (χ1v) is 10.2. The fraction of sp³-hybridized carbons (Fsp3) is 0.938. The van der Waals surface area contributed by atoms with Crippen molar-refractivity contribution in [1.82, 2.24) is 0 Å². The van der Waals surface area contributed by atoms with Gasteiger partial charge in [-0.25, -0.2) is 4.57 Å². The number of hydrogen-bond donors (Lipinski definition) is 0. The Morgan fingerprint density at radius 3 is 1.68 bits per heavy atom. The minimum absolute atomic E-state index is 0.242. The zero-order valence-corrected chi connectivity index (χ0v) is 15.6. The molecule has 0 saturated heterocycles. The van der Waals surface area contributed by atoms with E-state index in [9.17, 15) is 13.9 Å². The van der Waals surface area contributed by atoms with Gasteiger partial charge in [-0.15, -0.1) is 0 Å². The van der Waals surface area contributed by atoms with Crippen molar-refractivity contribution >= 4 is 23.1 Å². The third-order valence-corrected chi connectivity index (χ3v) is 4.84. The topological polar surface area (TPSA) is 60.4 Å². The van der Waals surface area contributed by atoms with Crippen LogP contribution in [0.4, 0.5) is 0 Å². The fourth-order valence-electron chi connectivity index (χ4n) is 2.49. The highest BCUT2D eigenvalue weighted by Gasteiger charge is 2.20. The maximum atomic E-state index is 11.3. The van der Waals surface area contributed by atoms with Gasteiger partial charge in [0.1, 0.15) is 5.66 Å². The summed E-state index contributed by atoms with van der Waals surface area (Å²) in [7, 11) is -0.909. The first kappa shape index (κ1) is 21.7. The Balaban J connectivity index is 3.33. The Morgan fingerprint density at radius 2 is 1.27 bits per heavy atom. The monoisotopic (exact) mass is 348 g/mol. The van der Waals surface area contributed by atoms with E-state index in [2.05, 4.69) is 11.4 Å². The molecule has 22 heavy (non-hydrogen) atoms. The smallest absolute Gasteiger partial charge is 0.372 e. The highest BCUT2D eigenvalue weighted by Crippen LogP contribution is 2.19. The molecular formula is C16H30O4P2. The number of hydrogen-bond acceptors (Lipinski definition) is 4. The predicted molar refractivity (Wildman–Crippen MR) is 90.8 cm³/mol. The van der Waals surface area contributed by atoms with E-state index in [4.69, 9.17) is 0 Å². The molecule has 128 valence electrons. The van der Waals surface area contributed by atoms with E-state index in [0.717, 1.165) is 19.3 Å². The molecule has 0 rings (SSSR count). The predicted octanol–water partition coefficient (Wildman–Crippen LogP) is 6.49. The van der Waals surface area contributed by atoms with Crippen molar-refractivity contribution in [3.05, 3.63) is 0 Å². The van der Waals surface area contributed by atoms with E-state index >= 15 is 0 Å². The summed E-state index contributed by atoms with van der Waals surface area (Å²) in [6.45, 7) is 2.24. The molecule has 0 amide bonds. The van der Waals surface area contributed by atoms with Crippen LogP contribution in [0.1, 0.15) is 90.4 Å². The second-order valence-corrected chi connectivity index (χ2v) is 6.95. The van der Waals surface area contributed by atoms with Crippen LogP contribution < -0.4 is 0 Å². The quantitative estimate of drug-likeness (QED) is 0.236. The van der Waals surface area contributed by atoms with Crippen molar-refractivity contribution in [2.75, 3.05) is 0 Å². The van der Waals surface area contributed by atoms with Gasteiger partial charge in [-0.3, -0.25) is 9.36 Å². The van der Waals surface area contributed by atoms with Gasteiger partial charge in [0, 0.05) is 0 Å². The van der Waals surface area contributed by atoms with E-state index in [-0.39, 0.29) is 8.46 Å². The van der Waals surface area contributed by atoms with Crippen LogP contribution in [0.2, 0.25) is 0 Å². The SMILES string of the molecule is CCCCCCCCCCCCCCC(P=O)C(=O)OP=O. The maximum absolute atomic E-state index is 11.3. The second kappa shape index (κ2) is 17.0. The molecular weight excluding hydrogens is 318 g/mol. The van der Waals surface area contributed by atoms with E-state index in [1.54, 1.807) is 0 Å². The normalized spacial score (nSPS) is 12.6. The van der Waals surface area contributed by atoms with Gasteiger partial charge < -0.3 is 4.52 Å². The second-order valence-electron chi connectivity index (χ2n) is 5.78. The summed E-state index contributed by atoms with van der Waals surface area (Å²) in [5.74, 6) is -0.642. The molecule has 6 heteroatoms.